The van der Waals surface area contributed by atoms with Crippen LogP contribution in [0.2, 0.25) is 0 Å². The molecule has 0 spiro atoms. The molecule has 1 N–H and O–H groups in total. The van der Waals surface area contributed by atoms with Gasteiger partial charge in [0.15, 0.2) is 0 Å². The van der Waals surface area contributed by atoms with Crippen LogP contribution in [-0.4, -0.2) is 39.0 Å². The van der Waals surface area contributed by atoms with Crippen LogP contribution in [0.25, 0.3) is 6.08 Å². The second-order valence-corrected chi connectivity index (χ2v) is 7.13. The number of carbonyl (C=O) groups is 2. The topological polar surface area (TPSA) is 70.5 Å². The molecule has 1 aromatic heterocycles. The van der Waals surface area contributed by atoms with Crippen molar-refractivity contribution in [2.24, 2.45) is 5.92 Å². The molecule has 3 unspecified atom stereocenters. The number of hydrogen-bond acceptors (Lipinski definition) is 4. The number of rotatable bonds is 3. The van der Waals surface area contributed by atoms with Crippen LogP contribution in [-0.2, 0) is 9.59 Å². The van der Waals surface area contributed by atoms with Crippen LogP contribution in [0.1, 0.15) is 42.8 Å². The molecule has 0 bridgehead atoms. The van der Waals surface area contributed by atoms with E-state index in [-0.39, 0.29) is 11.9 Å². The first-order chi connectivity index (χ1) is 10.6. The van der Waals surface area contributed by atoms with Crippen molar-refractivity contribution in [1.82, 2.24) is 9.88 Å². The van der Waals surface area contributed by atoms with Crippen molar-refractivity contribution in [3.8, 4) is 0 Å². The summed E-state index contributed by atoms with van der Waals surface area (Å²) in [5.41, 5.74) is 0.752. The lowest BCUT2D eigenvalue weighted by Crippen LogP contribution is -2.45. The maximum absolute atomic E-state index is 12.5. The largest absolute Gasteiger partial charge is 0.480 e. The predicted octanol–water partition coefficient (Wildman–Crippen LogP) is 2.71. The fourth-order valence-corrected chi connectivity index (χ4v) is 4.28. The molecule has 118 valence electrons. The highest BCUT2D eigenvalue weighted by atomic mass is 32.1. The zero-order valence-corrected chi connectivity index (χ0v) is 13.4. The van der Waals surface area contributed by atoms with Crippen molar-refractivity contribution >= 4 is 29.3 Å². The number of carbonyl (C=O) groups excluding carboxylic acids is 1. The molecule has 1 aliphatic heterocycles. The number of likely N-dealkylation sites (tertiary alicyclic amines) is 1. The molecule has 2 fully saturated rings. The fraction of sp³-hybridized carbons (Fsp3) is 0.562. The molecule has 2 heterocycles. The van der Waals surface area contributed by atoms with E-state index < -0.39 is 12.0 Å². The Labute approximate surface area is 133 Å². The third-order valence-corrected chi connectivity index (χ3v) is 5.45. The number of hydrogen-bond donors (Lipinski definition) is 1. The molecule has 0 aromatic carbocycles. The highest BCUT2D eigenvalue weighted by molar-refractivity contribution is 7.09. The van der Waals surface area contributed by atoms with Crippen LogP contribution >= 0.6 is 11.3 Å². The summed E-state index contributed by atoms with van der Waals surface area (Å²) in [6.07, 6.45) is 7.92. The zero-order chi connectivity index (χ0) is 15.7. The van der Waals surface area contributed by atoms with E-state index in [0.717, 1.165) is 36.4 Å². The minimum absolute atomic E-state index is 0.0872. The van der Waals surface area contributed by atoms with Crippen LogP contribution in [0.5, 0.6) is 0 Å². The highest BCUT2D eigenvalue weighted by Crippen LogP contribution is 2.39. The lowest BCUT2D eigenvalue weighted by atomic mass is 9.85. The molecule has 5 nitrogen and oxygen atoms in total. The Morgan fingerprint density at radius 2 is 2.18 bits per heavy atom. The predicted molar refractivity (Wildman–Crippen MR) is 84.5 cm³/mol. The molecule has 1 amide bonds. The van der Waals surface area contributed by atoms with E-state index in [0.29, 0.717) is 12.3 Å². The number of aryl methyl sites for hydroxylation is 1. The first-order valence-corrected chi connectivity index (χ1v) is 8.59. The van der Waals surface area contributed by atoms with Gasteiger partial charge in [0.1, 0.15) is 6.04 Å². The van der Waals surface area contributed by atoms with Crippen molar-refractivity contribution in [3.63, 3.8) is 0 Å². The number of carboxylic acid groups (broad SMARTS) is 1. The minimum Gasteiger partial charge on any atom is -0.480 e. The van der Waals surface area contributed by atoms with E-state index in [4.69, 9.17) is 0 Å². The van der Waals surface area contributed by atoms with Gasteiger partial charge in [0.25, 0.3) is 0 Å². The molecule has 1 saturated heterocycles. The molecule has 3 atom stereocenters. The third kappa shape index (κ3) is 2.92. The van der Waals surface area contributed by atoms with Gasteiger partial charge in [-0.05, 0) is 38.2 Å². The highest BCUT2D eigenvalue weighted by Gasteiger charge is 2.46. The van der Waals surface area contributed by atoms with Gasteiger partial charge in [-0.1, -0.05) is 12.8 Å². The van der Waals surface area contributed by atoms with Gasteiger partial charge in [-0.2, -0.15) is 0 Å². The lowest BCUT2D eigenvalue weighted by Gasteiger charge is -2.32. The van der Waals surface area contributed by atoms with Crippen LogP contribution in [0.3, 0.4) is 0 Å². The number of aromatic nitrogens is 1. The summed E-state index contributed by atoms with van der Waals surface area (Å²) in [5, 5.41) is 12.3. The molecule has 3 rings (SSSR count). The van der Waals surface area contributed by atoms with Gasteiger partial charge in [-0.3, -0.25) is 4.79 Å². The van der Waals surface area contributed by atoms with E-state index in [2.05, 4.69) is 4.98 Å². The third-order valence-electron chi connectivity index (χ3n) is 4.66. The van der Waals surface area contributed by atoms with Crippen LogP contribution in [0.15, 0.2) is 11.5 Å². The Morgan fingerprint density at radius 3 is 2.86 bits per heavy atom. The first kappa shape index (κ1) is 15.2. The van der Waals surface area contributed by atoms with Crippen molar-refractivity contribution in [2.45, 2.75) is 51.1 Å². The summed E-state index contributed by atoms with van der Waals surface area (Å²) in [5.74, 6) is -0.748. The average Bonchev–Trinajstić information content (AvgIpc) is 3.08. The van der Waals surface area contributed by atoms with E-state index in [1.807, 2.05) is 12.3 Å². The SMILES string of the molecule is Cc1nc(/C=C/C(=O)N2C(C(=O)O)CC3CCCCC32)cs1. The van der Waals surface area contributed by atoms with Crippen LogP contribution in [0, 0.1) is 12.8 Å². The molecule has 1 saturated carbocycles. The molecule has 6 heteroatoms. The molecular weight excluding hydrogens is 300 g/mol. The lowest BCUT2D eigenvalue weighted by molar-refractivity contribution is -0.147. The van der Waals surface area contributed by atoms with Crippen molar-refractivity contribution in [3.05, 3.63) is 22.2 Å². The number of carboxylic acids is 1. The average molecular weight is 320 g/mol. The maximum Gasteiger partial charge on any atom is 0.326 e. The number of aliphatic carboxylic acids is 1. The summed E-state index contributed by atoms with van der Waals surface area (Å²) < 4.78 is 0. The van der Waals surface area contributed by atoms with Gasteiger partial charge in [0, 0.05) is 17.5 Å². The molecule has 1 aliphatic carbocycles. The van der Waals surface area contributed by atoms with E-state index in [9.17, 15) is 14.7 Å². The molecule has 0 radical (unpaired) electrons. The standard InChI is InChI=1S/C16H20N2O3S/c1-10-17-12(9-22-10)6-7-15(19)18-13-5-3-2-4-11(13)8-14(18)16(20)21/h6-7,9,11,13-14H,2-5,8H2,1H3,(H,20,21)/b7-6+. The van der Waals surface area contributed by atoms with Gasteiger partial charge >= 0.3 is 5.97 Å². The summed E-state index contributed by atoms with van der Waals surface area (Å²) in [6.45, 7) is 1.91. The summed E-state index contributed by atoms with van der Waals surface area (Å²) in [7, 11) is 0. The van der Waals surface area contributed by atoms with Gasteiger partial charge in [0.2, 0.25) is 5.91 Å². The Morgan fingerprint density at radius 1 is 1.41 bits per heavy atom. The summed E-state index contributed by atoms with van der Waals surface area (Å²) in [6, 6.07) is -0.591. The summed E-state index contributed by atoms with van der Waals surface area (Å²) in [4.78, 5) is 29.9. The van der Waals surface area contributed by atoms with Gasteiger partial charge in [0.05, 0.1) is 10.7 Å². The Hall–Kier alpha value is -1.69. The number of amides is 1. The molecule has 1 aromatic rings. The number of nitrogens with zero attached hydrogens (tertiary/aromatic N) is 2. The minimum atomic E-state index is -0.888. The second-order valence-electron chi connectivity index (χ2n) is 6.07. The monoisotopic (exact) mass is 320 g/mol. The fourth-order valence-electron chi connectivity index (χ4n) is 3.70. The molecular formula is C16H20N2O3S. The van der Waals surface area contributed by atoms with Crippen molar-refractivity contribution < 1.29 is 14.7 Å². The number of thiazole rings is 1. The second kappa shape index (κ2) is 6.20. The van der Waals surface area contributed by atoms with Crippen molar-refractivity contribution in [1.29, 1.82) is 0 Å². The number of fused-ring (bicyclic) bond motifs is 1. The first-order valence-electron chi connectivity index (χ1n) is 7.71. The van der Waals surface area contributed by atoms with Crippen molar-refractivity contribution in [2.75, 3.05) is 0 Å². The van der Waals surface area contributed by atoms with E-state index >= 15 is 0 Å². The molecule has 22 heavy (non-hydrogen) atoms. The zero-order valence-electron chi connectivity index (χ0n) is 12.6. The quantitative estimate of drug-likeness (QED) is 0.869. The maximum atomic E-state index is 12.5. The Kier molecular flexibility index (Phi) is 4.29. The van der Waals surface area contributed by atoms with Crippen LogP contribution < -0.4 is 0 Å². The normalized spacial score (nSPS) is 28.0. The van der Waals surface area contributed by atoms with E-state index in [1.54, 1.807) is 11.0 Å². The van der Waals surface area contributed by atoms with E-state index in [1.165, 1.54) is 17.4 Å². The molecule has 2 aliphatic rings. The Balaban J connectivity index is 1.78. The van der Waals surface area contributed by atoms with Gasteiger partial charge < -0.3 is 10.0 Å². The Bertz CT molecular complexity index is 610. The van der Waals surface area contributed by atoms with Gasteiger partial charge in [-0.15, -0.1) is 11.3 Å². The van der Waals surface area contributed by atoms with Gasteiger partial charge in [-0.25, -0.2) is 9.78 Å². The summed E-state index contributed by atoms with van der Waals surface area (Å²) >= 11 is 1.53. The smallest absolute Gasteiger partial charge is 0.326 e. The van der Waals surface area contributed by atoms with Crippen LogP contribution in [0.4, 0.5) is 0 Å².